The van der Waals surface area contributed by atoms with Gasteiger partial charge in [-0.2, -0.15) is 4.72 Å². The van der Waals surface area contributed by atoms with Gasteiger partial charge in [-0.05, 0) is 50.5 Å². The van der Waals surface area contributed by atoms with Crippen LogP contribution in [-0.4, -0.2) is 92.7 Å². The summed E-state index contributed by atoms with van der Waals surface area (Å²) in [6, 6.07) is 4.82. The molecular weight excluding hydrogens is 446 g/mol. The molecule has 2 aliphatic rings. The Morgan fingerprint density at radius 2 is 1.52 bits per heavy atom. The summed E-state index contributed by atoms with van der Waals surface area (Å²) in [4.78, 5) is 42.0. The second-order valence-corrected chi connectivity index (χ2v) is 10.3. The summed E-state index contributed by atoms with van der Waals surface area (Å²) in [5.41, 5.74) is 0.488. The Morgan fingerprint density at radius 3 is 2.09 bits per heavy atom. The van der Waals surface area contributed by atoms with Gasteiger partial charge in [-0.25, -0.2) is 8.42 Å². The Balaban J connectivity index is 1.48. The Labute approximate surface area is 195 Å². The molecule has 0 radical (unpaired) electrons. The number of sulfonamides is 1. The van der Waals surface area contributed by atoms with Crippen molar-refractivity contribution in [3.05, 3.63) is 24.3 Å². The number of nitrogens with zero attached hydrogens (tertiary/aromatic N) is 3. The maximum Gasteiger partial charge on any atom is 0.241 e. The van der Waals surface area contributed by atoms with Crippen LogP contribution in [0.3, 0.4) is 0 Å². The number of hydrogen-bond acceptors (Lipinski definition) is 6. The van der Waals surface area contributed by atoms with E-state index in [1.165, 1.54) is 44.5 Å². The summed E-state index contributed by atoms with van der Waals surface area (Å²) in [5, 5.41) is 2.58. The van der Waals surface area contributed by atoms with Gasteiger partial charge in [-0.1, -0.05) is 0 Å². The number of piperazine rings is 1. The lowest BCUT2D eigenvalue weighted by atomic mass is 10.1. The predicted molar refractivity (Wildman–Crippen MR) is 124 cm³/mol. The second-order valence-electron chi connectivity index (χ2n) is 8.59. The van der Waals surface area contributed by atoms with E-state index in [0.29, 0.717) is 38.4 Å². The lowest BCUT2D eigenvalue weighted by Gasteiger charge is -2.37. The van der Waals surface area contributed by atoms with E-state index < -0.39 is 16.1 Å². The van der Waals surface area contributed by atoms with Gasteiger partial charge in [0.15, 0.2) is 0 Å². The van der Waals surface area contributed by atoms with Crippen LogP contribution in [0.15, 0.2) is 29.2 Å². The molecule has 2 saturated heterocycles. The minimum Gasteiger partial charge on any atom is -0.342 e. The van der Waals surface area contributed by atoms with Gasteiger partial charge in [0.1, 0.15) is 0 Å². The molecule has 0 bridgehead atoms. The molecule has 1 aromatic rings. The van der Waals surface area contributed by atoms with Crippen LogP contribution in [0.25, 0.3) is 0 Å². The van der Waals surface area contributed by atoms with Gasteiger partial charge < -0.3 is 15.1 Å². The fourth-order valence-corrected chi connectivity index (χ4v) is 5.30. The Hall–Kier alpha value is -2.50. The summed E-state index contributed by atoms with van der Waals surface area (Å²) in [5.74, 6) is -0.408. The first-order chi connectivity index (χ1) is 15.7. The van der Waals surface area contributed by atoms with E-state index in [1.807, 2.05) is 9.80 Å². The maximum atomic E-state index is 12.8. The van der Waals surface area contributed by atoms with Crippen LogP contribution in [0, 0.1) is 0 Å². The van der Waals surface area contributed by atoms with Crippen molar-refractivity contribution in [2.24, 2.45) is 0 Å². The second kappa shape index (κ2) is 11.1. The van der Waals surface area contributed by atoms with Crippen molar-refractivity contribution >= 4 is 33.4 Å². The van der Waals surface area contributed by atoms with Gasteiger partial charge in [-0.3, -0.25) is 19.3 Å². The van der Waals surface area contributed by atoms with E-state index in [4.69, 9.17) is 0 Å². The number of carbonyl (C=O) groups is 3. The fourth-order valence-electron chi connectivity index (χ4n) is 4.11. The average Bonchev–Trinajstić information content (AvgIpc) is 2.79. The average molecular weight is 480 g/mol. The number of anilines is 1. The van der Waals surface area contributed by atoms with Crippen molar-refractivity contribution in [3.63, 3.8) is 0 Å². The van der Waals surface area contributed by atoms with Crippen LogP contribution in [0.2, 0.25) is 0 Å². The molecule has 0 aliphatic carbocycles. The van der Waals surface area contributed by atoms with Crippen LogP contribution >= 0.6 is 0 Å². The molecule has 182 valence electrons. The zero-order valence-corrected chi connectivity index (χ0v) is 20.1. The molecule has 0 spiro atoms. The molecule has 0 unspecified atom stereocenters. The van der Waals surface area contributed by atoms with Crippen molar-refractivity contribution in [1.29, 1.82) is 0 Å². The third-order valence-corrected chi connectivity index (χ3v) is 7.50. The molecule has 33 heavy (non-hydrogen) atoms. The molecule has 2 heterocycles. The fraction of sp³-hybridized carbons (Fsp3) is 0.591. The van der Waals surface area contributed by atoms with Gasteiger partial charge in [0.25, 0.3) is 0 Å². The minimum atomic E-state index is -3.90. The maximum absolute atomic E-state index is 12.8. The normalized spacial score (nSPS) is 18.6. The smallest absolute Gasteiger partial charge is 0.241 e. The topological polar surface area (TPSA) is 119 Å². The third kappa shape index (κ3) is 6.99. The highest BCUT2D eigenvalue weighted by Gasteiger charge is 2.29. The molecule has 11 heteroatoms. The first kappa shape index (κ1) is 25.1. The van der Waals surface area contributed by atoms with E-state index >= 15 is 0 Å². The zero-order chi connectivity index (χ0) is 24.0. The molecule has 1 aromatic carbocycles. The highest BCUT2D eigenvalue weighted by molar-refractivity contribution is 7.89. The van der Waals surface area contributed by atoms with Crippen LogP contribution in [0.5, 0.6) is 0 Å². The molecule has 2 fully saturated rings. The number of benzene rings is 1. The molecule has 10 nitrogen and oxygen atoms in total. The van der Waals surface area contributed by atoms with Crippen LogP contribution in [0.4, 0.5) is 5.69 Å². The quantitative estimate of drug-likeness (QED) is 0.587. The number of piperidine rings is 1. The Bertz CT molecular complexity index is 952. The molecule has 0 saturated carbocycles. The number of hydrogen-bond donors (Lipinski definition) is 2. The molecule has 1 atom stereocenters. The summed E-state index contributed by atoms with van der Waals surface area (Å²) in [7, 11) is -3.90. The van der Waals surface area contributed by atoms with Gasteiger partial charge in [0, 0.05) is 51.9 Å². The largest absolute Gasteiger partial charge is 0.342 e. The monoisotopic (exact) mass is 479 g/mol. The van der Waals surface area contributed by atoms with Gasteiger partial charge >= 0.3 is 0 Å². The van der Waals surface area contributed by atoms with Crippen molar-refractivity contribution in [3.8, 4) is 0 Å². The van der Waals surface area contributed by atoms with Gasteiger partial charge in [-0.15, -0.1) is 0 Å². The first-order valence-electron chi connectivity index (χ1n) is 11.3. The van der Waals surface area contributed by atoms with Crippen molar-refractivity contribution in [2.75, 3.05) is 51.1 Å². The lowest BCUT2D eigenvalue weighted by Crippen LogP contribution is -2.55. The number of amides is 3. The van der Waals surface area contributed by atoms with Crippen molar-refractivity contribution in [2.45, 2.75) is 44.0 Å². The van der Waals surface area contributed by atoms with Crippen molar-refractivity contribution < 1.29 is 22.8 Å². The molecule has 2 N–H and O–H groups in total. The van der Waals surface area contributed by atoms with E-state index in [2.05, 4.69) is 10.0 Å². The molecule has 3 rings (SSSR count). The lowest BCUT2D eigenvalue weighted by molar-refractivity contribution is -0.136. The van der Waals surface area contributed by atoms with Crippen LogP contribution in [-0.2, 0) is 24.4 Å². The highest BCUT2D eigenvalue weighted by atomic mass is 32.2. The molecule has 0 aromatic heterocycles. The standard InChI is InChI=1S/C22H33N5O5S/c1-17(24-33(31,32)20-8-6-19(7-9-20)23-18(2)28)22(30)27-14-12-25(13-15-27)16-21(29)26-10-4-3-5-11-26/h6-9,17,24H,3-5,10-16H2,1-2H3,(H,23,28)/t17-/m0/s1. The highest BCUT2D eigenvalue weighted by Crippen LogP contribution is 2.15. The summed E-state index contributed by atoms with van der Waals surface area (Å²) in [6.07, 6.45) is 3.29. The zero-order valence-electron chi connectivity index (χ0n) is 19.2. The van der Waals surface area contributed by atoms with Crippen LogP contribution in [0.1, 0.15) is 33.1 Å². The number of nitrogens with one attached hydrogen (secondary N) is 2. The minimum absolute atomic E-state index is 0.0114. The molecule has 3 amide bonds. The van der Waals surface area contributed by atoms with Crippen molar-refractivity contribution in [1.82, 2.24) is 19.4 Å². The van der Waals surface area contributed by atoms with E-state index in [9.17, 15) is 22.8 Å². The van der Waals surface area contributed by atoms with Gasteiger partial charge in [0.05, 0.1) is 17.5 Å². The summed E-state index contributed by atoms with van der Waals surface area (Å²) < 4.78 is 27.8. The SMILES string of the molecule is CC(=O)Nc1ccc(S(=O)(=O)N[C@@H](C)C(=O)N2CCN(CC(=O)N3CCCCC3)CC2)cc1. The Morgan fingerprint density at radius 1 is 0.909 bits per heavy atom. The molecular formula is C22H33N5O5S. The molecule has 2 aliphatic heterocycles. The predicted octanol–water partition coefficient (Wildman–Crippen LogP) is 0.469. The van der Waals surface area contributed by atoms with E-state index in [0.717, 1.165) is 25.9 Å². The third-order valence-electron chi connectivity index (χ3n) is 5.94. The Kier molecular flexibility index (Phi) is 8.44. The number of carbonyl (C=O) groups excluding carboxylic acids is 3. The number of likely N-dealkylation sites (tertiary alicyclic amines) is 1. The first-order valence-corrected chi connectivity index (χ1v) is 12.8. The summed E-state index contributed by atoms with van der Waals surface area (Å²) in [6.45, 7) is 6.95. The van der Waals surface area contributed by atoms with Crippen LogP contribution < -0.4 is 10.0 Å². The number of rotatable bonds is 7. The van der Waals surface area contributed by atoms with E-state index in [1.54, 1.807) is 4.90 Å². The van der Waals surface area contributed by atoms with E-state index in [-0.39, 0.29) is 22.6 Å². The summed E-state index contributed by atoms with van der Waals surface area (Å²) >= 11 is 0. The van der Waals surface area contributed by atoms with Gasteiger partial charge in [0.2, 0.25) is 27.7 Å².